The van der Waals surface area contributed by atoms with Crippen molar-refractivity contribution in [3.8, 4) is 28.4 Å². The number of methoxy groups -OCH3 is 4. The van der Waals surface area contributed by atoms with E-state index in [0.717, 1.165) is 11.1 Å². The number of carbonyl (C=O) groups excluding carboxylic acids is 3. The third-order valence-electron chi connectivity index (χ3n) is 7.59. The molecule has 3 N–H and O–H groups in total. The first-order chi connectivity index (χ1) is 21.0. The highest BCUT2D eigenvalue weighted by atomic mass is 32.2. The number of fused-ring (bicyclic) bond motifs is 3. The van der Waals surface area contributed by atoms with Gasteiger partial charge in [0, 0.05) is 12.5 Å². The highest BCUT2D eigenvalue weighted by molar-refractivity contribution is 7.98. The minimum Gasteiger partial charge on any atom is -0.493 e. The fourth-order valence-electron chi connectivity index (χ4n) is 5.42. The minimum atomic E-state index is -0.830. The number of hydrogen-bond donors (Lipinski definition) is 3. The van der Waals surface area contributed by atoms with Gasteiger partial charge in [-0.25, -0.2) is 4.79 Å². The van der Waals surface area contributed by atoms with Crippen molar-refractivity contribution >= 4 is 35.2 Å². The van der Waals surface area contributed by atoms with Crippen LogP contribution in [0.3, 0.4) is 0 Å². The summed E-state index contributed by atoms with van der Waals surface area (Å²) in [5.74, 6) is 0.583. The maximum absolute atomic E-state index is 13.8. The number of carbonyl (C=O) groups is 3. The fraction of sp³-hybridized carbons (Fsp3) is 0.500. The van der Waals surface area contributed by atoms with Gasteiger partial charge in [0.1, 0.15) is 12.1 Å². The largest absolute Gasteiger partial charge is 0.493 e. The number of amides is 2. The first-order valence-electron chi connectivity index (χ1n) is 14.4. The average Bonchev–Trinajstić information content (AvgIpc) is 3.24. The maximum Gasteiger partial charge on any atom is 0.328 e. The molecular weight excluding hydrogens is 586 g/mol. The van der Waals surface area contributed by atoms with Gasteiger partial charge in [-0.1, -0.05) is 19.9 Å². The van der Waals surface area contributed by atoms with Gasteiger partial charge in [0.2, 0.25) is 23.0 Å². The number of hydrogen-bond acceptors (Lipinski definition) is 10. The number of ether oxygens (including phenoxy) is 4. The van der Waals surface area contributed by atoms with E-state index in [1.807, 2.05) is 26.2 Å². The van der Waals surface area contributed by atoms with Crippen molar-refractivity contribution in [2.45, 2.75) is 58.2 Å². The van der Waals surface area contributed by atoms with E-state index in [9.17, 15) is 19.2 Å². The smallest absolute Gasteiger partial charge is 0.328 e. The lowest BCUT2D eigenvalue weighted by Gasteiger charge is -2.25. The van der Waals surface area contributed by atoms with Crippen LogP contribution in [-0.4, -0.2) is 70.3 Å². The van der Waals surface area contributed by atoms with E-state index >= 15 is 0 Å². The Labute approximate surface area is 262 Å². The van der Waals surface area contributed by atoms with Crippen LogP contribution in [0.1, 0.15) is 50.8 Å². The molecule has 2 aromatic rings. The van der Waals surface area contributed by atoms with E-state index in [2.05, 4.69) is 16.0 Å². The summed E-state index contributed by atoms with van der Waals surface area (Å²) in [6, 6.07) is 4.69. The first kappa shape index (κ1) is 34.6. The van der Waals surface area contributed by atoms with Crippen molar-refractivity contribution < 1.29 is 33.3 Å². The predicted octanol–water partition coefficient (Wildman–Crippen LogP) is 3.71. The number of nitrogens with one attached hydrogen (secondary N) is 3. The molecule has 240 valence electrons. The highest BCUT2D eigenvalue weighted by Gasteiger charge is 2.31. The summed E-state index contributed by atoms with van der Waals surface area (Å²) in [5, 5.41) is 8.91. The molecule has 0 heterocycles. The lowest BCUT2D eigenvalue weighted by molar-refractivity contribution is -0.145. The Hall–Kier alpha value is -3.93. The molecule has 3 rings (SSSR count). The lowest BCUT2D eigenvalue weighted by Crippen LogP contribution is -2.50. The molecule has 12 heteroatoms. The van der Waals surface area contributed by atoms with E-state index in [1.54, 1.807) is 31.0 Å². The molecule has 0 fully saturated rings. The minimum absolute atomic E-state index is 0.188. The van der Waals surface area contributed by atoms with Crippen LogP contribution in [0.15, 0.2) is 29.1 Å². The molecule has 0 spiro atoms. The summed E-state index contributed by atoms with van der Waals surface area (Å²) in [6.07, 6.45) is 3.41. The van der Waals surface area contributed by atoms with Crippen molar-refractivity contribution in [3.63, 3.8) is 0 Å². The van der Waals surface area contributed by atoms with Crippen LogP contribution in [-0.2, 0) is 25.5 Å². The van der Waals surface area contributed by atoms with E-state index in [1.165, 1.54) is 34.3 Å². The zero-order valence-corrected chi connectivity index (χ0v) is 27.4. The standard InChI is InChI=1S/C32H43N3O8S/c1-17(2)28(31(38)35-24(13-14-44-8)32(39)43-7)34-23-12-10-20-21(16-25(23)37)22(33-18(3)36)11-9-19-15-26(40-4)29(41-5)30(42-6)27(19)20/h10,12,15-17,22,24,28H,9,11,13-14H2,1-8H3,(H,33,36)(H,34,37)(H,35,38). The second kappa shape index (κ2) is 15.7. The normalized spacial score (nSPS) is 15.1. The summed E-state index contributed by atoms with van der Waals surface area (Å²) in [6.45, 7) is 5.13. The van der Waals surface area contributed by atoms with Gasteiger partial charge >= 0.3 is 5.97 Å². The molecule has 11 nitrogen and oxygen atoms in total. The third-order valence-corrected chi connectivity index (χ3v) is 8.23. The number of thioether (sulfide) groups is 1. The van der Waals surface area contributed by atoms with E-state index < -0.39 is 30.0 Å². The molecule has 3 unspecified atom stereocenters. The second-order valence-corrected chi connectivity index (χ2v) is 11.8. The van der Waals surface area contributed by atoms with Crippen LogP contribution in [0.2, 0.25) is 0 Å². The summed E-state index contributed by atoms with van der Waals surface area (Å²) in [4.78, 5) is 51.8. The van der Waals surface area contributed by atoms with Gasteiger partial charge in [0.15, 0.2) is 11.5 Å². The lowest BCUT2D eigenvalue weighted by atomic mass is 9.95. The summed E-state index contributed by atoms with van der Waals surface area (Å²) >= 11 is 1.56. The number of rotatable bonds is 13. The molecule has 2 amide bonds. The highest BCUT2D eigenvalue weighted by Crippen LogP contribution is 2.50. The van der Waals surface area contributed by atoms with Gasteiger partial charge < -0.3 is 34.9 Å². The monoisotopic (exact) mass is 629 g/mol. The molecule has 0 aromatic heterocycles. The van der Waals surface area contributed by atoms with Gasteiger partial charge in [-0.2, -0.15) is 11.8 Å². The second-order valence-electron chi connectivity index (χ2n) is 10.8. The van der Waals surface area contributed by atoms with E-state index in [0.29, 0.717) is 53.4 Å². The Kier molecular flexibility index (Phi) is 12.3. The van der Waals surface area contributed by atoms with Crippen LogP contribution in [0.5, 0.6) is 17.2 Å². The van der Waals surface area contributed by atoms with Crippen molar-refractivity contribution in [2.24, 2.45) is 5.92 Å². The van der Waals surface area contributed by atoms with Gasteiger partial charge in [-0.15, -0.1) is 0 Å². The molecule has 1 aliphatic carbocycles. The molecule has 1 aliphatic rings. The van der Waals surface area contributed by atoms with Gasteiger partial charge in [0.05, 0.1) is 40.2 Å². The Morgan fingerprint density at radius 2 is 1.73 bits per heavy atom. The first-order valence-corrected chi connectivity index (χ1v) is 15.8. The molecule has 3 atom stereocenters. The molecule has 0 radical (unpaired) electrons. The number of esters is 1. The summed E-state index contributed by atoms with van der Waals surface area (Å²) in [5.41, 5.74) is 2.73. The Bertz CT molecular complexity index is 1430. The van der Waals surface area contributed by atoms with Gasteiger partial charge in [-0.3, -0.25) is 14.4 Å². The molecule has 2 aromatic carbocycles. The van der Waals surface area contributed by atoms with Crippen LogP contribution in [0.4, 0.5) is 5.69 Å². The van der Waals surface area contributed by atoms with E-state index in [4.69, 9.17) is 18.9 Å². The van der Waals surface area contributed by atoms with Crippen LogP contribution < -0.4 is 35.6 Å². The average molecular weight is 630 g/mol. The van der Waals surface area contributed by atoms with E-state index in [-0.39, 0.29) is 22.9 Å². The third kappa shape index (κ3) is 7.77. The Balaban J connectivity index is 2.16. The van der Waals surface area contributed by atoms with Crippen LogP contribution >= 0.6 is 11.8 Å². The van der Waals surface area contributed by atoms with Gasteiger partial charge in [0.25, 0.3) is 0 Å². The molecule has 0 bridgehead atoms. The van der Waals surface area contributed by atoms with Crippen molar-refractivity contribution in [2.75, 3.05) is 45.8 Å². The molecule has 44 heavy (non-hydrogen) atoms. The molecule has 0 aliphatic heterocycles. The molecule has 0 saturated heterocycles. The predicted molar refractivity (Wildman–Crippen MR) is 172 cm³/mol. The summed E-state index contributed by atoms with van der Waals surface area (Å²) < 4.78 is 22.0. The molecule has 0 saturated carbocycles. The SMILES string of the molecule is COC(=O)C(CCSC)NC(=O)C(Nc1ccc2c(cc1=O)C(NC(C)=O)CCc1cc(OC)c(OC)c(OC)c1-2)C(C)C. The molecular formula is C32H43N3O8S. The van der Waals surface area contributed by atoms with Crippen molar-refractivity contribution in [1.29, 1.82) is 0 Å². The van der Waals surface area contributed by atoms with Crippen LogP contribution in [0, 0.1) is 5.92 Å². The quantitative estimate of drug-likeness (QED) is 0.281. The Morgan fingerprint density at radius 3 is 2.30 bits per heavy atom. The van der Waals surface area contributed by atoms with Crippen molar-refractivity contribution in [1.82, 2.24) is 10.6 Å². The number of aryl methyl sites for hydroxylation is 1. The Morgan fingerprint density at radius 1 is 1.02 bits per heavy atom. The topological polar surface area (TPSA) is 141 Å². The van der Waals surface area contributed by atoms with Crippen LogP contribution in [0.25, 0.3) is 11.1 Å². The zero-order valence-electron chi connectivity index (χ0n) is 26.6. The number of benzene rings is 1. The van der Waals surface area contributed by atoms with Crippen molar-refractivity contribution in [3.05, 3.63) is 45.6 Å². The zero-order chi connectivity index (χ0) is 32.6. The summed E-state index contributed by atoms with van der Waals surface area (Å²) in [7, 11) is 5.89. The maximum atomic E-state index is 13.8. The number of anilines is 1. The van der Waals surface area contributed by atoms with Gasteiger partial charge in [-0.05, 0) is 72.1 Å². The fourth-order valence-corrected chi connectivity index (χ4v) is 5.89.